The SMILES string of the molecule is CCCNC(=O)CNC(C)c1ccc(OC(C)C)cc1. The van der Waals surface area contributed by atoms with Crippen LogP contribution in [0.4, 0.5) is 0 Å². The number of hydrogen-bond donors (Lipinski definition) is 2. The Bertz CT molecular complexity index is 401. The molecule has 0 heterocycles. The average Bonchev–Trinajstić information content (AvgIpc) is 2.42. The van der Waals surface area contributed by atoms with E-state index in [9.17, 15) is 4.79 Å². The Hall–Kier alpha value is -1.55. The lowest BCUT2D eigenvalue weighted by Gasteiger charge is -2.15. The van der Waals surface area contributed by atoms with Crippen LogP contribution in [0.25, 0.3) is 0 Å². The summed E-state index contributed by atoms with van der Waals surface area (Å²) in [6.45, 7) is 9.17. The van der Waals surface area contributed by atoms with E-state index in [1.165, 1.54) is 0 Å². The second-order valence-corrected chi connectivity index (χ2v) is 5.19. The van der Waals surface area contributed by atoms with Crippen LogP contribution in [0, 0.1) is 0 Å². The quantitative estimate of drug-likeness (QED) is 0.768. The van der Waals surface area contributed by atoms with Gasteiger partial charge in [-0.3, -0.25) is 4.79 Å². The smallest absolute Gasteiger partial charge is 0.233 e. The van der Waals surface area contributed by atoms with E-state index >= 15 is 0 Å². The lowest BCUT2D eigenvalue weighted by Crippen LogP contribution is -2.35. The normalized spacial score (nSPS) is 12.2. The van der Waals surface area contributed by atoms with Crippen LogP contribution in [0.15, 0.2) is 24.3 Å². The van der Waals surface area contributed by atoms with Gasteiger partial charge in [0.2, 0.25) is 5.91 Å². The zero-order chi connectivity index (χ0) is 15.0. The maximum atomic E-state index is 11.5. The Morgan fingerprint density at radius 3 is 2.40 bits per heavy atom. The first-order valence-electron chi connectivity index (χ1n) is 7.29. The maximum absolute atomic E-state index is 11.5. The van der Waals surface area contributed by atoms with Gasteiger partial charge in [-0.2, -0.15) is 0 Å². The van der Waals surface area contributed by atoms with Crippen molar-refractivity contribution in [3.05, 3.63) is 29.8 Å². The lowest BCUT2D eigenvalue weighted by atomic mass is 10.1. The summed E-state index contributed by atoms with van der Waals surface area (Å²) >= 11 is 0. The first kappa shape index (κ1) is 16.5. The number of rotatable bonds is 8. The number of nitrogens with one attached hydrogen (secondary N) is 2. The van der Waals surface area contributed by atoms with Crippen molar-refractivity contribution in [1.29, 1.82) is 0 Å². The van der Waals surface area contributed by atoms with E-state index in [2.05, 4.69) is 10.6 Å². The van der Waals surface area contributed by atoms with E-state index in [4.69, 9.17) is 4.74 Å². The second-order valence-electron chi connectivity index (χ2n) is 5.19. The van der Waals surface area contributed by atoms with Crippen molar-refractivity contribution in [2.75, 3.05) is 13.1 Å². The minimum atomic E-state index is 0.0402. The van der Waals surface area contributed by atoms with E-state index in [0.717, 1.165) is 24.3 Å². The molecule has 0 saturated carbocycles. The van der Waals surface area contributed by atoms with Crippen molar-refractivity contribution in [2.24, 2.45) is 0 Å². The van der Waals surface area contributed by atoms with Gasteiger partial charge in [0.05, 0.1) is 12.6 Å². The molecule has 1 amide bonds. The topological polar surface area (TPSA) is 50.4 Å². The van der Waals surface area contributed by atoms with Crippen LogP contribution in [0.1, 0.15) is 45.7 Å². The van der Waals surface area contributed by atoms with Crippen molar-refractivity contribution in [1.82, 2.24) is 10.6 Å². The van der Waals surface area contributed by atoms with Gasteiger partial charge in [0.15, 0.2) is 0 Å². The maximum Gasteiger partial charge on any atom is 0.233 e. The first-order valence-corrected chi connectivity index (χ1v) is 7.29. The molecule has 0 aliphatic rings. The molecule has 1 aromatic carbocycles. The van der Waals surface area contributed by atoms with Gasteiger partial charge in [-0.15, -0.1) is 0 Å². The van der Waals surface area contributed by atoms with Crippen LogP contribution in [0.3, 0.4) is 0 Å². The summed E-state index contributed by atoms with van der Waals surface area (Å²) in [5, 5.41) is 6.06. The predicted octanol–water partition coefficient (Wildman–Crippen LogP) is 2.65. The number of carbonyl (C=O) groups is 1. The molecule has 0 aromatic heterocycles. The summed E-state index contributed by atoms with van der Waals surface area (Å²) < 4.78 is 5.61. The molecule has 4 heteroatoms. The summed E-state index contributed by atoms with van der Waals surface area (Å²) in [7, 11) is 0. The predicted molar refractivity (Wildman–Crippen MR) is 81.9 cm³/mol. The van der Waals surface area contributed by atoms with Crippen molar-refractivity contribution in [2.45, 2.75) is 46.3 Å². The van der Waals surface area contributed by atoms with E-state index < -0.39 is 0 Å². The van der Waals surface area contributed by atoms with Crippen molar-refractivity contribution in [3.8, 4) is 5.75 Å². The fraction of sp³-hybridized carbons (Fsp3) is 0.562. The van der Waals surface area contributed by atoms with Crippen LogP contribution in [0.5, 0.6) is 5.75 Å². The molecule has 1 rings (SSSR count). The van der Waals surface area contributed by atoms with E-state index in [-0.39, 0.29) is 18.1 Å². The zero-order valence-corrected chi connectivity index (χ0v) is 12.9. The van der Waals surface area contributed by atoms with E-state index in [1.54, 1.807) is 0 Å². The summed E-state index contributed by atoms with van der Waals surface area (Å²) in [6.07, 6.45) is 1.14. The molecule has 0 bridgehead atoms. The van der Waals surface area contributed by atoms with Crippen LogP contribution in [0.2, 0.25) is 0 Å². The third-order valence-corrected chi connectivity index (χ3v) is 2.89. The molecule has 0 saturated heterocycles. The Morgan fingerprint density at radius 2 is 1.85 bits per heavy atom. The highest BCUT2D eigenvalue weighted by atomic mass is 16.5. The van der Waals surface area contributed by atoms with Gasteiger partial charge >= 0.3 is 0 Å². The van der Waals surface area contributed by atoms with Gasteiger partial charge < -0.3 is 15.4 Å². The fourth-order valence-electron chi connectivity index (χ4n) is 1.80. The molecule has 0 aliphatic heterocycles. The fourth-order valence-corrected chi connectivity index (χ4v) is 1.80. The number of hydrogen-bond acceptors (Lipinski definition) is 3. The van der Waals surface area contributed by atoms with Gasteiger partial charge in [0, 0.05) is 12.6 Å². The molecule has 0 radical (unpaired) electrons. The molecule has 112 valence electrons. The van der Waals surface area contributed by atoms with Crippen LogP contribution < -0.4 is 15.4 Å². The average molecular weight is 278 g/mol. The largest absolute Gasteiger partial charge is 0.491 e. The third-order valence-electron chi connectivity index (χ3n) is 2.89. The van der Waals surface area contributed by atoms with Gasteiger partial charge in [0.1, 0.15) is 5.75 Å². The highest BCUT2D eigenvalue weighted by Crippen LogP contribution is 2.18. The van der Waals surface area contributed by atoms with Crippen molar-refractivity contribution >= 4 is 5.91 Å². The summed E-state index contributed by atoms with van der Waals surface area (Å²) in [5.41, 5.74) is 1.14. The Balaban J connectivity index is 2.43. The van der Waals surface area contributed by atoms with Crippen LogP contribution >= 0.6 is 0 Å². The summed E-state index contributed by atoms with van der Waals surface area (Å²) in [6, 6.07) is 8.11. The Labute approximate surface area is 121 Å². The van der Waals surface area contributed by atoms with Gasteiger partial charge in [-0.1, -0.05) is 19.1 Å². The standard InChI is InChI=1S/C16H26N2O2/c1-5-10-17-16(19)11-18-13(4)14-6-8-15(9-7-14)20-12(2)3/h6-9,12-13,18H,5,10-11H2,1-4H3,(H,17,19). The second kappa shape index (κ2) is 8.59. The number of carbonyl (C=O) groups excluding carboxylic acids is 1. The zero-order valence-electron chi connectivity index (χ0n) is 12.9. The summed E-state index contributed by atoms with van der Waals surface area (Å²) in [4.78, 5) is 11.5. The molecule has 0 aliphatic carbocycles. The molecule has 1 aromatic rings. The molecule has 0 spiro atoms. The van der Waals surface area contributed by atoms with Gasteiger partial charge in [-0.05, 0) is 44.9 Å². The molecular weight excluding hydrogens is 252 g/mol. The van der Waals surface area contributed by atoms with Crippen LogP contribution in [-0.2, 0) is 4.79 Å². The lowest BCUT2D eigenvalue weighted by molar-refractivity contribution is -0.120. The van der Waals surface area contributed by atoms with E-state index in [0.29, 0.717) is 6.54 Å². The molecule has 20 heavy (non-hydrogen) atoms. The number of ether oxygens (including phenoxy) is 1. The molecule has 4 nitrogen and oxygen atoms in total. The molecule has 0 fully saturated rings. The molecule has 1 atom stereocenters. The molecule has 1 unspecified atom stereocenters. The summed E-state index contributed by atoms with van der Waals surface area (Å²) in [5.74, 6) is 0.912. The Morgan fingerprint density at radius 1 is 1.20 bits per heavy atom. The molecular formula is C16H26N2O2. The van der Waals surface area contributed by atoms with Gasteiger partial charge in [0.25, 0.3) is 0 Å². The number of benzene rings is 1. The van der Waals surface area contributed by atoms with Gasteiger partial charge in [-0.25, -0.2) is 0 Å². The highest BCUT2D eigenvalue weighted by Gasteiger charge is 2.07. The first-order chi connectivity index (χ1) is 9.52. The van der Waals surface area contributed by atoms with E-state index in [1.807, 2.05) is 52.0 Å². The monoisotopic (exact) mass is 278 g/mol. The minimum absolute atomic E-state index is 0.0402. The Kier molecular flexibility index (Phi) is 7.09. The third kappa shape index (κ3) is 6.06. The highest BCUT2D eigenvalue weighted by molar-refractivity contribution is 5.77. The molecule has 2 N–H and O–H groups in total. The van der Waals surface area contributed by atoms with Crippen molar-refractivity contribution < 1.29 is 9.53 Å². The van der Waals surface area contributed by atoms with Crippen LogP contribution in [-0.4, -0.2) is 25.1 Å². The van der Waals surface area contributed by atoms with Crippen molar-refractivity contribution in [3.63, 3.8) is 0 Å². The minimum Gasteiger partial charge on any atom is -0.491 e. The number of amides is 1.